The SMILES string of the molecule is Cc1nc(-c2nc3c(c(=O)[nH]2)CCCC3)cs1. The lowest BCUT2D eigenvalue weighted by atomic mass is 9.97. The molecular weight excluding hydrogens is 234 g/mol. The Hall–Kier alpha value is -1.49. The van der Waals surface area contributed by atoms with Crippen LogP contribution in [0.5, 0.6) is 0 Å². The molecule has 0 unspecified atom stereocenters. The quantitative estimate of drug-likeness (QED) is 0.839. The van der Waals surface area contributed by atoms with Crippen molar-refractivity contribution >= 4 is 11.3 Å². The number of fused-ring (bicyclic) bond motifs is 1. The Morgan fingerprint density at radius 1 is 1.29 bits per heavy atom. The molecule has 0 bridgehead atoms. The lowest BCUT2D eigenvalue weighted by Crippen LogP contribution is -2.21. The van der Waals surface area contributed by atoms with E-state index in [1.807, 2.05) is 12.3 Å². The van der Waals surface area contributed by atoms with E-state index in [0.29, 0.717) is 5.82 Å². The zero-order chi connectivity index (χ0) is 11.8. The van der Waals surface area contributed by atoms with Crippen molar-refractivity contribution in [3.8, 4) is 11.5 Å². The molecule has 0 radical (unpaired) electrons. The normalized spacial score (nSPS) is 14.6. The molecule has 2 aromatic rings. The van der Waals surface area contributed by atoms with Crippen molar-refractivity contribution in [1.82, 2.24) is 15.0 Å². The summed E-state index contributed by atoms with van der Waals surface area (Å²) in [6, 6.07) is 0. The maximum Gasteiger partial charge on any atom is 0.254 e. The highest BCUT2D eigenvalue weighted by Gasteiger charge is 2.16. The number of aryl methyl sites for hydroxylation is 2. The molecule has 2 heterocycles. The number of nitrogens with one attached hydrogen (secondary N) is 1. The van der Waals surface area contributed by atoms with Crippen LogP contribution >= 0.6 is 11.3 Å². The molecule has 17 heavy (non-hydrogen) atoms. The van der Waals surface area contributed by atoms with Crippen LogP contribution in [-0.4, -0.2) is 15.0 Å². The Morgan fingerprint density at radius 3 is 2.88 bits per heavy atom. The summed E-state index contributed by atoms with van der Waals surface area (Å²) in [5, 5.41) is 2.92. The van der Waals surface area contributed by atoms with E-state index >= 15 is 0 Å². The Labute approximate surface area is 103 Å². The van der Waals surface area contributed by atoms with Gasteiger partial charge in [-0.15, -0.1) is 11.3 Å². The van der Waals surface area contributed by atoms with Gasteiger partial charge in [0.15, 0.2) is 5.82 Å². The summed E-state index contributed by atoms with van der Waals surface area (Å²) in [4.78, 5) is 23.7. The van der Waals surface area contributed by atoms with E-state index in [-0.39, 0.29) is 5.56 Å². The molecule has 0 aromatic carbocycles. The number of nitrogens with zero attached hydrogens (tertiary/aromatic N) is 2. The highest BCUT2D eigenvalue weighted by molar-refractivity contribution is 7.09. The van der Waals surface area contributed by atoms with E-state index in [1.165, 1.54) is 0 Å². The van der Waals surface area contributed by atoms with Gasteiger partial charge in [-0.3, -0.25) is 4.79 Å². The van der Waals surface area contributed by atoms with Gasteiger partial charge in [0.05, 0.1) is 10.7 Å². The molecule has 0 atom stereocenters. The number of H-pyrrole nitrogens is 1. The lowest BCUT2D eigenvalue weighted by Gasteiger charge is -2.13. The number of hydrogen-bond acceptors (Lipinski definition) is 4. The number of thiazole rings is 1. The standard InChI is InChI=1S/C12H13N3OS/c1-7-13-10(6-17-7)11-14-9-5-3-2-4-8(9)12(16)15-11/h6H,2-5H2,1H3,(H,14,15,16). The van der Waals surface area contributed by atoms with Crippen LogP contribution in [0.15, 0.2) is 10.2 Å². The van der Waals surface area contributed by atoms with Gasteiger partial charge in [0.2, 0.25) is 0 Å². The summed E-state index contributed by atoms with van der Waals surface area (Å²) < 4.78 is 0. The summed E-state index contributed by atoms with van der Waals surface area (Å²) in [6.45, 7) is 1.95. The fourth-order valence-electron chi connectivity index (χ4n) is 2.20. The molecule has 0 aliphatic heterocycles. The van der Waals surface area contributed by atoms with Crippen LogP contribution in [0.1, 0.15) is 29.1 Å². The van der Waals surface area contributed by atoms with Crippen molar-refractivity contribution in [2.45, 2.75) is 32.6 Å². The first-order valence-corrected chi connectivity index (χ1v) is 6.66. The second kappa shape index (κ2) is 4.07. The fourth-order valence-corrected chi connectivity index (χ4v) is 2.79. The van der Waals surface area contributed by atoms with Crippen molar-refractivity contribution in [3.63, 3.8) is 0 Å². The first kappa shape index (κ1) is 10.7. The topological polar surface area (TPSA) is 58.6 Å². The molecule has 1 aliphatic carbocycles. The summed E-state index contributed by atoms with van der Waals surface area (Å²) in [7, 11) is 0. The van der Waals surface area contributed by atoms with Crippen LogP contribution in [0.3, 0.4) is 0 Å². The van der Waals surface area contributed by atoms with Crippen molar-refractivity contribution in [2.24, 2.45) is 0 Å². The van der Waals surface area contributed by atoms with Gasteiger partial charge < -0.3 is 4.98 Å². The van der Waals surface area contributed by atoms with Gasteiger partial charge in [-0.2, -0.15) is 0 Å². The molecule has 4 nitrogen and oxygen atoms in total. The Kier molecular flexibility index (Phi) is 2.55. The molecule has 0 saturated carbocycles. The van der Waals surface area contributed by atoms with Gasteiger partial charge in [-0.25, -0.2) is 9.97 Å². The maximum absolute atomic E-state index is 11.9. The predicted octanol–water partition coefficient (Wildman–Crippen LogP) is 2.08. The number of hydrogen-bond donors (Lipinski definition) is 1. The molecule has 0 amide bonds. The lowest BCUT2D eigenvalue weighted by molar-refractivity contribution is 0.657. The largest absolute Gasteiger partial charge is 0.305 e. The van der Waals surface area contributed by atoms with Crippen molar-refractivity contribution in [1.29, 1.82) is 0 Å². The molecule has 3 rings (SSSR count). The summed E-state index contributed by atoms with van der Waals surface area (Å²) in [5.74, 6) is 0.611. The second-order valence-electron chi connectivity index (χ2n) is 4.30. The Morgan fingerprint density at radius 2 is 2.12 bits per heavy atom. The minimum absolute atomic E-state index is 0.00959. The van der Waals surface area contributed by atoms with E-state index in [0.717, 1.165) is 47.6 Å². The van der Waals surface area contributed by atoms with E-state index in [1.54, 1.807) is 11.3 Å². The van der Waals surface area contributed by atoms with Crippen molar-refractivity contribution in [2.75, 3.05) is 0 Å². The van der Waals surface area contributed by atoms with Gasteiger partial charge in [0.1, 0.15) is 5.69 Å². The zero-order valence-corrected chi connectivity index (χ0v) is 10.4. The summed E-state index contributed by atoms with van der Waals surface area (Å²) in [6.07, 6.45) is 3.98. The third-order valence-electron chi connectivity index (χ3n) is 3.05. The Balaban J connectivity index is 2.13. The summed E-state index contributed by atoms with van der Waals surface area (Å²) >= 11 is 1.57. The van der Waals surface area contributed by atoms with E-state index in [4.69, 9.17) is 0 Å². The van der Waals surface area contributed by atoms with Crippen LogP contribution in [0.25, 0.3) is 11.5 Å². The average Bonchev–Trinajstić information content (AvgIpc) is 2.76. The molecular formula is C12H13N3OS. The van der Waals surface area contributed by atoms with Gasteiger partial charge in [-0.05, 0) is 32.6 Å². The van der Waals surface area contributed by atoms with Gasteiger partial charge in [0, 0.05) is 10.9 Å². The van der Waals surface area contributed by atoms with Crippen LogP contribution in [0.2, 0.25) is 0 Å². The van der Waals surface area contributed by atoms with Crippen LogP contribution in [0.4, 0.5) is 0 Å². The van der Waals surface area contributed by atoms with Gasteiger partial charge in [-0.1, -0.05) is 0 Å². The molecule has 0 fully saturated rings. The van der Waals surface area contributed by atoms with Crippen LogP contribution < -0.4 is 5.56 Å². The molecule has 5 heteroatoms. The smallest absolute Gasteiger partial charge is 0.254 e. The van der Waals surface area contributed by atoms with E-state index in [9.17, 15) is 4.79 Å². The first-order valence-electron chi connectivity index (χ1n) is 5.78. The van der Waals surface area contributed by atoms with Crippen molar-refractivity contribution in [3.05, 3.63) is 32.0 Å². The third-order valence-corrected chi connectivity index (χ3v) is 3.83. The van der Waals surface area contributed by atoms with Crippen LogP contribution in [0, 0.1) is 6.92 Å². The first-order chi connectivity index (χ1) is 8.24. The van der Waals surface area contributed by atoms with Gasteiger partial charge in [0.25, 0.3) is 5.56 Å². The van der Waals surface area contributed by atoms with Gasteiger partial charge >= 0.3 is 0 Å². The fraction of sp³-hybridized carbons (Fsp3) is 0.417. The summed E-state index contributed by atoms with van der Waals surface area (Å²) in [5.41, 5.74) is 2.61. The molecule has 2 aromatic heterocycles. The monoisotopic (exact) mass is 247 g/mol. The molecule has 0 saturated heterocycles. The molecule has 1 N–H and O–H groups in total. The van der Waals surface area contributed by atoms with Crippen LogP contribution in [-0.2, 0) is 12.8 Å². The molecule has 1 aliphatic rings. The molecule has 0 spiro atoms. The number of aromatic nitrogens is 3. The minimum atomic E-state index is 0.00959. The number of rotatable bonds is 1. The highest BCUT2D eigenvalue weighted by atomic mass is 32.1. The minimum Gasteiger partial charge on any atom is -0.305 e. The average molecular weight is 247 g/mol. The number of aromatic amines is 1. The predicted molar refractivity (Wildman–Crippen MR) is 67.3 cm³/mol. The Bertz CT molecular complexity index is 614. The highest BCUT2D eigenvalue weighted by Crippen LogP contribution is 2.21. The zero-order valence-electron chi connectivity index (χ0n) is 9.62. The second-order valence-corrected chi connectivity index (χ2v) is 5.36. The molecule has 88 valence electrons. The van der Waals surface area contributed by atoms with Crippen molar-refractivity contribution < 1.29 is 0 Å². The van der Waals surface area contributed by atoms with E-state index in [2.05, 4.69) is 15.0 Å². The van der Waals surface area contributed by atoms with E-state index < -0.39 is 0 Å². The maximum atomic E-state index is 11.9. The third kappa shape index (κ3) is 1.91.